The Balaban J connectivity index is 3.33. The number of unbranched alkanes of at least 4 members (excludes halogenated alkanes) is 4. The second-order valence-electron chi connectivity index (χ2n) is 3.92. The Morgan fingerprint density at radius 3 is 2.21 bits per heavy atom. The molecule has 0 aromatic rings. The zero-order chi connectivity index (χ0) is 10.8. The molecule has 0 saturated heterocycles. The average Bonchev–Trinajstić information content (AvgIpc) is 2.15. The molecule has 0 spiro atoms. The molecule has 0 amide bonds. The first-order valence-corrected chi connectivity index (χ1v) is 5.66. The van der Waals surface area contributed by atoms with Gasteiger partial charge in [-0.15, -0.1) is 0 Å². The summed E-state index contributed by atoms with van der Waals surface area (Å²) in [7, 11) is 0. The van der Waals surface area contributed by atoms with Crippen LogP contribution in [0.5, 0.6) is 0 Å². The van der Waals surface area contributed by atoms with E-state index in [0.717, 1.165) is 12.8 Å². The van der Waals surface area contributed by atoms with Crippen LogP contribution in [0.3, 0.4) is 0 Å². The maximum Gasteiger partial charge on any atom is 0.191 e. The Kier molecular flexibility index (Phi) is 9.35. The zero-order valence-electron chi connectivity index (χ0n) is 9.66. The third-order valence-electron chi connectivity index (χ3n) is 2.08. The van der Waals surface area contributed by atoms with E-state index in [-0.39, 0.29) is 6.10 Å². The smallest absolute Gasteiger partial charge is 0.191 e. The molecule has 0 heterocycles. The first-order valence-electron chi connectivity index (χ1n) is 5.66. The Bertz CT molecular complexity index is 115. The summed E-state index contributed by atoms with van der Waals surface area (Å²) in [4.78, 5) is 4.25. The summed E-state index contributed by atoms with van der Waals surface area (Å²) in [6.45, 7) is 6.06. The zero-order valence-corrected chi connectivity index (χ0v) is 9.66. The van der Waals surface area contributed by atoms with E-state index in [1.54, 1.807) is 0 Å². The van der Waals surface area contributed by atoms with E-state index in [4.69, 9.17) is 9.99 Å². The van der Waals surface area contributed by atoms with Gasteiger partial charge in [0.2, 0.25) is 0 Å². The van der Waals surface area contributed by atoms with E-state index in [1.807, 2.05) is 13.8 Å². The predicted octanol–water partition coefficient (Wildman–Crippen LogP) is 3.59. The molecular weight excluding hydrogens is 180 g/mol. The van der Waals surface area contributed by atoms with Gasteiger partial charge in [0.15, 0.2) is 6.29 Å². The molecule has 0 fully saturated rings. The summed E-state index contributed by atoms with van der Waals surface area (Å²) >= 11 is 0. The van der Waals surface area contributed by atoms with E-state index < -0.39 is 6.29 Å². The summed E-state index contributed by atoms with van der Waals surface area (Å²) in [5.41, 5.74) is 0. The second-order valence-corrected chi connectivity index (χ2v) is 3.92. The largest absolute Gasteiger partial charge is 0.347 e. The van der Waals surface area contributed by atoms with Crippen LogP contribution in [0.1, 0.15) is 59.3 Å². The maximum atomic E-state index is 8.55. The summed E-state index contributed by atoms with van der Waals surface area (Å²) < 4.78 is 5.33. The average molecular weight is 204 g/mol. The lowest BCUT2D eigenvalue weighted by Gasteiger charge is -2.16. The van der Waals surface area contributed by atoms with Crippen molar-refractivity contribution >= 4 is 0 Å². The summed E-state index contributed by atoms with van der Waals surface area (Å²) in [5.74, 6) is 0. The first-order chi connectivity index (χ1) is 6.70. The van der Waals surface area contributed by atoms with Gasteiger partial charge in [-0.3, -0.25) is 0 Å². The second kappa shape index (κ2) is 9.44. The molecule has 3 nitrogen and oxygen atoms in total. The molecule has 0 aliphatic heterocycles. The van der Waals surface area contributed by atoms with Crippen molar-refractivity contribution in [1.29, 1.82) is 0 Å². The van der Waals surface area contributed by atoms with Gasteiger partial charge < -0.3 is 4.74 Å². The van der Waals surface area contributed by atoms with E-state index in [9.17, 15) is 0 Å². The summed E-state index contributed by atoms with van der Waals surface area (Å²) in [5, 5.41) is 8.55. The van der Waals surface area contributed by atoms with Crippen molar-refractivity contribution in [3.63, 3.8) is 0 Å². The molecule has 0 rings (SSSR count). The van der Waals surface area contributed by atoms with Crippen molar-refractivity contribution in [1.82, 2.24) is 0 Å². The predicted molar refractivity (Wildman–Crippen MR) is 57.1 cm³/mol. The lowest BCUT2D eigenvalue weighted by molar-refractivity contribution is -0.353. The third-order valence-corrected chi connectivity index (χ3v) is 2.08. The summed E-state index contributed by atoms with van der Waals surface area (Å²) in [6.07, 6.45) is 6.47. The van der Waals surface area contributed by atoms with Crippen LogP contribution in [-0.2, 0) is 9.62 Å². The molecule has 0 aromatic carbocycles. The SMILES string of the molecule is CCCCCCCC(OO)OC(C)C. The van der Waals surface area contributed by atoms with Crippen molar-refractivity contribution in [3.8, 4) is 0 Å². The lowest BCUT2D eigenvalue weighted by atomic mass is 10.1. The Labute approximate surface area is 87.3 Å². The first kappa shape index (κ1) is 13.9. The highest BCUT2D eigenvalue weighted by atomic mass is 17.1. The molecule has 0 saturated carbocycles. The fourth-order valence-electron chi connectivity index (χ4n) is 1.36. The van der Waals surface area contributed by atoms with Gasteiger partial charge in [0, 0.05) is 6.42 Å². The van der Waals surface area contributed by atoms with Crippen LogP contribution in [0.25, 0.3) is 0 Å². The summed E-state index contributed by atoms with van der Waals surface area (Å²) in [6, 6.07) is 0. The van der Waals surface area contributed by atoms with E-state index in [1.165, 1.54) is 25.7 Å². The number of hydrogen-bond donors (Lipinski definition) is 1. The molecule has 1 atom stereocenters. The minimum Gasteiger partial charge on any atom is -0.347 e. The van der Waals surface area contributed by atoms with Crippen molar-refractivity contribution < 1.29 is 14.9 Å². The van der Waals surface area contributed by atoms with Crippen molar-refractivity contribution in [2.24, 2.45) is 0 Å². The fourth-order valence-corrected chi connectivity index (χ4v) is 1.36. The van der Waals surface area contributed by atoms with E-state index in [2.05, 4.69) is 11.8 Å². The minimum absolute atomic E-state index is 0.0998. The van der Waals surface area contributed by atoms with Gasteiger partial charge in [-0.05, 0) is 20.3 Å². The van der Waals surface area contributed by atoms with Crippen LogP contribution in [0.2, 0.25) is 0 Å². The van der Waals surface area contributed by atoms with Gasteiger partial charge in [-0.2, -0.15) is 0 Å². The molecule has 0 aliphatic rings. The Morgan fingerprint density at radius 2 is 1.71 bits per heavy atom. The van der Waals surface area contributed by atoms with Crippen molar-refractivity contribution in [2.75, 3.05) is 0 Å². The molecule has 86 valence electrons. The molecule has 14 heavy (non-hydrogen) atoms. The third kappa shape index (κ3) is 8.48. The topological polar surface area (TPSA) is 38.7 Å². The molecule has 0 aliphatic carbocycles. The van der Waals surface area contributed by atoms with Gasteiger partial charge in [-0.1, -0.05) is 32.6 Å². The fraction of sp³-hybridized carbons (Fsp3) is 1.00. The molecule has 3 heteroatoms. The Hall–Kier alpha value is -0.120. The van der Waals surface area contributed by atoms with Crippen molar-refractivity contribution in [2.45, 2.75) is 71.7 Å². The maximum absolute atomic E-state index is 8.55. The van der Waals surface area contributed by atoms with Crippen LogP contribution in [0, 0.1) is 0 Å². The molecular formula is C11H24O3. The Morgan fingerprint density at radius 1 is 1.07 bits per heavy atom. The quantitative estimate of drug-likeness (QED) is 0.270. The van der Waals surface area contributed by atoms with Gasteiger partial charge in [0.1, 0.15) is 0 Å². The van der Waals surface area contributed by atoms with E-state index >= 15 is 0 Å². The van der Waals surface area contributed by atoms with Gasteiger partial charge in [-0.25, -0.2) is 10.1 Å². The van der Waals surface area contributed by atoms with Crippen LogP contribution in [-0.4, -0.2) is 17.7 Å². The number of rotatable bonds is 9. The molecule has 1 N–H and O–H groups in total. The highest BCUT2D eigenvalue weighted by Gasteiger charge is 2.10. The minimum atomic E-state index is -0.448. The number of ether oxygens (including phenoxy) is 1. The molecule has 0 aromatic heterocycles. The molecule has 0 radical (unpaired) electrons. The van der Waals surface area contributed by atoms with E-state index in [0.29, 0.717) is 0 Å². The van der Waals surface area contributed by atoms with Crippen LogP contribution >= 0.6 is 0 Å². The lowest BCUT2D eigenvalue weighted by Crippen LogP contribution is -2.19. The molecule has 0 bridgehead atoms. The monoisotopic (exact) mass is 204 g/mol. The van der Waals surface area contributed by atoms with Gasteiger partial charge in [0.25, 0.3) is 0 Å². The van der Waals surface area contributed by atoms with Crippen LogP contribution in [0.15, 0.2) is 0 Å². The van der Waals surface area contributed by atoms with Gasteiger partial charge >= 0.3 is 0 Å². The van der Waals surface area contributed by atoms with Crippen molar-refractivity contribution in [3.05, 3.63) is 0 Å². The van der Waals surface area contributed by atoms with Gasteiger partial charge in [0.05, 0.1) is 6.10 Å². The molecule has 1 unspecified atom stereocenters. The van der Waals surface area contributed by atoms with Crippen LogP contribution < -0.4 is 0 Å². The highest BCUT2D eigenvalue weighted by molar-refractivity contribution is 4.49. The van der Waals surface area contributed by atoms with Crippen LogP contribution in [0.4, 0.5) is 0 Å². The highest BCUT2D eigenvalue weighted by Crippen LogP contribution is 2.11. The number of hydrogen-bond acceptors (Lipinski definition) is 3. The standard InChI is InChI=1S/C11H24O3/c1-4-5-6-7-8-9-11(14-12)13-10(2)3/h10-12H,4-9H2,1-3H3. The normalized spacial score (nSPS) is 13.5.